The molecule has 10 heavy (non-hydrogen) atoms. The first-order valence-corrected chi connectivity index (χ1v) is 3.84. The third kappa shape index (κ3) is 0.859. The van der Waals surface area contributed by atoms with Gasteiger partial charge in [-0.1, -0.05) is 12.2 Å². The highest BCUT2D eigenvalue weighted by atomic mass is 16.5. The molecule has 1 nitrogen and oxygen atoms in total. The third-order valence-electron chi connectivity index (χ3n) is 2.29. The van der Waals surface area contributed by atoms with Crippen molar-refractivity contribution < 1.29 is 4.74 Å². The highest BCUT2D eigenvalue weighted by molar-refractivity contribution is 5.12. The summed E-state index contributed by atoms with van der Waals surface area (Å²) in [5.74, 6) is 2.55. The Kier molecular flexibility index (Phi) is 1.30. The largest absolute Gasteiger partial charge is 0.498 e. The molecule has 0 fully saturated rings. The average Bonchev–Trinajstić information content (AvgIpc) is 2.10. The molecular weight excluding hydrogens is 124 g/mol. The van der Waals surface area contributed by atoms with E-state index in [0.717, 1.165) is 18.3 Å². The molecule has 0 aromatic rings. The summed E-state index contributed by atoms with van der Waals surface area (Å²) >= 11 is 0. The van der Waals surface area contributed by atoms with Gasteiger partial charge >= 0.3 is 0 Å². The predicted molar refractivity (Wildman–Crippen MR) is 40.4 cm³/mol. The molecule has 0 N–H and O–H groups in total. The first-order chi connectivity index (χ1) is 4.86. The Morgan fingerprint density at radius 2 is 2.30 bits per heavy atom. The Hall–Kier alpha value is -0.720. The molecule has 1 heterocycles. The fourth-order valence-corrected chi connectivity index (χ4v) is 1.48. The van der Waals surface area contributed by atoms with Crippen molar-refractivity contribution in [2.45, 2.75) is 13.3 Å². The predicted octanol–water partition coefficient (Wildman–Crippen LogP) is 2.11. The van der Waals surface area contributed by atoms with E-state index < -0.39 is 0 Å². The van der Waals surface area contributed by atoms with Gasteiger partial charge < -0.3 is 4.74 Å². The second-order valence-electron chi connectivity index (χ2n) is 3.08. The van der Waals surface area contributed by atoms with E-state index in [2.05, 4.69) is 18.2 Å². The maximum absolute atomic E-state index is 5.35. The van der Waals surface area contributed by atoms with Gasteiger partial charge in [0.15, 0.2) is 0 Å². The summed E-state index contributed by atoms with van der Waals surface area (Å²) in [6.45, 7) is 2.93. The van der Waals surface area contributed by atoms with Crippen molar-refractivity contribution in [1.29, 1.82) is 0 Å². The van der Waals surface area contributed by atoms with Crippen molar-refractivity contribution in [2.24, 2.45) is 11.8 Å². The molecule has 2 aliphatic rings. The van der Waals surface area contributed by atoms with Crippen LogP contribution in [0.25, 0.3) is 0 Å². The molecule has 2 atom stereocenters. The maximum Gasteiger partial charge on any atom is 0.0946 e. The van der Waals surface area contributed by atoms with Gasteiger partial charge in [0.25, 0.3) is 0 Å². The smallest absolute Gasteiger partial charge is 0.0946 e. The van der Waals surface area contributed by atoms with Crippen molar-refractivity contribution >= 4 is 0 Å². The Morgan fingerprint density at radius 1 is 1.50 bits per heavy atom. The standard InChI is InChI=1S/C9H12O/c1-7-5-9(6-10-7)8-3-2-4-8/h2-3,5,8-9H,4,6H2,1H3. The summed E-state index contributed by atoms with van der Waals surface area (Å²) in [6.07, 6.45) is 8.00. The van der Waals surface area contributed by atoms with Crippen LogP contribution >= 0.6 is 0 Å². The van der Waals surface area contributed by atoms with Gasteiger partial charge in [-0.15, -0.1) is 0 Å². The summed E-state index contributed by atoms with van der Waals surface area (Å²) in [6, 6.07) is 0. The SMILES string of the molecule is CC1=CC(C2C=CC2)CO1. The van der Waals surface area contributed by atoms with Crippen LogP contribution in [0.4, 0.5) is 0 Å². The quantitative estimate of drug-likeness (QED) is 0.502. The van der Waals surface area contributed by atoms with Crippen molar-refractivity contribution in [3.63, 3.8) is 0 Å². The highest BCUT2D eigenvalue weighted by Crippen LogP contribution is 2.31. The van der Waals surface area contributed by atoms with E-state index in [1.165, 1.54) is 6.42 Å². The maximum atomic E-state index is 5.35. The second-order valence-corrected chi connectivity index (χ2v) is 3.08. The molecule has 54 valence electrons. The number of rotatable bonds is 1. The van der Waals surface area contributed by atoms with Crippen LogP contribution in [0.3, 0.4) is 0 Å². The molecule has 0 aromatic heterocycles. The molecule has 0 radical (unpaired) electrons. The van der Waals surface area contributed by atoms with Gasteiger partial charge in [0.1, 0.15) is 0 Å². The fraction of sp³-hybridized carbons (Fsp3) is 0.556. The zero-order valence-electron chi connectivity index (χ0n) is 6.21. The summed E-state index contributed by atoms with van der Waals surface area (Å²) in [4.78, 5) is 0. The van der Waals surface area contributed by atoms with E-state index in [1.807, 2.05) is 6.92 Å². The lowest BCUT2D eigenvalue weighted by Crippen LogP contribution is -2.15. The van der Waals surface area contributed by atoms with Crippen LogP contribution < -0.4 is 0 Å². The molecule has 1 aliphatic carbocycles. The monoisotopic (exact) mass is 136 g/mol. The Morgan fingerprint density at radius 3 is 2.70 bits per heavy atom. The first kappa shape index (κ1) is 6.02. The van der Waals surface area contributed by atoms with Crippen LogP contribution in [-0.4, -0.2) is 6.61 Å². The average molecular weight is 136 g/mol. The molecular formula is C9H12O. The van der Waals surface area contributed by atoms with Crippen molar-refractivity contribution in [1.82, 2.24) is 0 Å². The summed E-state index contributed by atoms with van der Waals surface area (Å²) in [5.41, 5.74) is 0. The summed E-state index contributed by atoms with van der Waals surface area (Å²) < 4.78 is 5.35. The molecule has 0 saturated carbocycles. The van der Waals surface area contributed by atoms with E-state index in [9.17, 15) is 0 Å². The number of allylic oxidation sites excluding steroid dienone is 3. The normalized spacial score (nSPS) is 36.7. The van der Waals surface area contributed by atoms with Crippen LogP contribution in [0, 0.1) is 11.8 Å². The van der Waals surface area contributed by atoms with Crippen molar-refractivity contribution in [2.75, 3.05) is 6.61 Å². The minimum atomic E-state index is 0.671. The van der Waals surface area contributed by atoms with Gasteiger partial charge in [-0.25, -0.2) is 0 Å². The van der Waals surface area contributed by atoms with E-state index in [4.69, 9.17) is 4.74 Å². The van der Waals surface area contributed by atoms with E-state index in [-0.39, 0.29) is 0 Å². The fourth-order valence-electron chi connectivity index (χ4n) is 1.48. The number of hydrogen-bond acceptors (Lipinski definition) is 1. The van der Waals surface area contributed by atoms with Gasteiger partial charge in [-0.3, -0.25) is 0 Å². The van der Waals surface area contributed by atoms with Gasteiger partial charge in [-0.2, -0.15) is 0 Å². The molecule has 2 unspecified atom stereocenters. The number of hydrogen-bond donors (Lipinski definition) is 0. The molecule has 0 spiro atoms. The van der Waals surface area contributed by atoms with Crippen molar-refractivity contribution in [3.8, 4) is 0 Å². The Balaban J connectivity index is 2.01. The third-order valence-corrected chi connectivity index (χ3v) is 2.29. The molecule has 0 bridgehead atoms. The minimum Gasteiger partial charge on any atom is -0.498 e. The van der Waals surface area contributed by atoms with Gasteiger partial charge in [0, 0.05) is 5.92 Å². The van der Waals surface area contributed by atoms with Crippen LogP contribution in [0.5, 0.6) is 0 Å². The first-order valence-electron chi connectivity index (χ1n) is 3.84. The lowest BCUT2D eigenvalue weighted by Gasteiger charge is -2.21. The lowest BCUT2D eigenvalue weighted by atomic mass is 9.83. The Labute approximate surface area is 61.4 Å². The second kappa shape index (κ2) is 2.15. The van der Waals surface area contributed by atoms with E-state index in [1.54, 1.807) is 0 Å². The van der Waals surface area contributed by atoms with Gasteiger partial charge in [-0.05, 0) is 25.3 Å². The minimum absolute atomic E-state index is 0.671. The van der Waals surface area contributed by atoms with Crippen LogP contribution in [-0.2, 0) is 4.74 Å². The lowest BCUT2D eigenvalue weighted by molar-refractivity contribution is 0.201. The molecule has 0 aromatic carbocycles. The molecule has 0 saturated heterocycles. The molecule has 1 aliphatic heterocycles. The summed E-state index contributed by atoms with van der Waals surface area (Å²) in [5, 5.41) is 0. The van der Waals surface area contributed by atoms with E-state index in [0.29, 0.717) is 5.92 Å². The van der Waals surface area contributed by atoms with Crippen LogP contribution in [0.2, 0.25) is 0 Å². The highest BCUT2D eigenvalue weighted by Gasteiger charge is 2.24. The summed E-state index contributed by atoms with van der Waals surface area (Å²) in [7, 11) is 0. The van der Waals surface area contributed by atoms with Gasteiger partial charge in [0.05, 0.1) is 12.4 Å². The molecule has 1 heteroatoms. The number of ether oxygens (including phenoxy) is 1. The molecule has 0 amide bonds. The topological polar surface area (TPSA) is 9.23 Å². The van der Waals surface area contributed by atoms with E-state index >= 15 is 0 Å². The van der Waals surface area contributed by atoms with Crippen LogP contribution in [0.1, 0.15) is 13.3 Å². The Bertz CT molecular complexity index is 191. The molecule has 2 rings (SSSR count). The zero-order valence-corrected chi connectivity index (χ0v) is 6.21. The van der Waals surface area contributed by atoms with Gasteiger partial charge in [0.2, 0.25) is 0 Å². The van der Waals surface area contributed by atoms with Crippen molar-refractivity contribution in [3.05, 3.63) is 24.0 Å². The van der Waals surface area contributed by atoms with Crippen LogP contribution in [0.15, 0.2) is 24.0 Å². The zero-order chi connectivity index (χ0) is 6.97.